The Balaban J connectivity index is 1.41. The van der Waals surface area contributed by atoms with Crippen LogP contribution in [0.1, 0.15) is 35.8 Å². The van der Waals surface area contributed by atoms with Gasteiger partial charge >= 0.3 is 0 Å². The molecule has 1 aliphatic rings. The van der Waals surface area contributed by atoms with E-state index < -0.39 is 0 Å². The van der Waals surface area contributed by atoms with Gasteiger partial charge in [-0.3, -0.25) is 14.2 Å². The predicted octanol–water partition coefficient (Wildman–Crippen LogP) is 5.33. The third-order valence-electron chi connectivity index (χ3n) is 6.32. The lowest BCUT2D eigenvalue weighted by Crippen LogP contribution is -2.24. The number of thiophene rings is 1. The van der Waals surface area contributed by atoms with Crippen molar-refractivity contribution in [3.05, 3.63) is 73.8 Å². The minimum absolute atomic E-state index is 0.00625. The van der Waals surface area contributed by atoms with Gasteiger partial charge in [0.2, 0.25) is 0 Å². The first-order chi connectivity index (χ1) is 18.4. The predicted molar refractivity (Wildman–Crippen MR) is 153 cm³/mol. The number of nitrogens with zero attached hydrogens (tertiary/aromatic N) is 3. The largest absolute Gasteiger partial charge is 0.504 e. The highest BCUT2D eigenvalue weighted by Gasteiger charge is 2.23. The molecule has 2 aromatic heterocycles. The van der Waals surface area contributed by atoms with Crippen LogP contribution in [0.15, 0.2) is 57.5 Å². The maximum absolute atomic E-state index is 13.8. The highest BCUT2D eigenvalue weighted by molar-refractivity contribution is 7.99. The van der Waals surface area contributed by atoms with Crippen LogP contribution in [-0.2, 0) is 17.6 Å². The third kappa shape index (κ3) is 5.29. The molecule has 0 aliphatic heterocycles. The number of amides is 1. The lowest BCUT2D eigenvalue weighted by atomic mass is 9.97. The second-order valence-corrected chi connectivity index (χ2v) is 11.3. The summed E-state index contributed by atoms with van der Waals surface area (Å²) in [4.78, 5) is 33.3. The van der Waals surface area contributed by atoms with Crippen LogP contribution in [-0.4, -0.2) is 39.1 Å². The number of aromatic nitrogens is 2. The highest BCUT2D eigenvalue weighted by atomic mass is 35.5. The number of phenols is 1. The van der Waals surface area contributed by atoms with Gasteiger partial charge in [-0.05, 0) is 80.6 Å². The number of methoxy groups -OCH3 is 1. The number of hydrogen-bond donors (Lipinski definition) is 2. The number of carbonyl (C=O) groups is 1. The molecule has 0 fully saturated rings. The summed E-state index contributed by atoms with van der Waals surface area (Å²) in [6.45, 7) is 1.74. The minimum atomic E-state index is -0.345. The van der Waals surface area contributed by atoms with Crippen molar-refractivity contribution in [3.8, 4) is 17.2 Å². The normalized spacial score (nSPS) is 13.4. The second-order valence-electron chi connectivity index (χ2n) is 8.81. The molecule has 0 spiro atoms. The van der Waals surface area contributed by atoms with Crippen molar-refractivity contribution in [2.24, 2.45) is 5.10 Å². The van der Waals surface area contributed by atoms with Crippen LogP contribution < -0.4 is 15.7 Å². The maximum Gasteiger partial charge on any atom is 0.267 e. The van der Waals surface area contributed by atoms with Gasteiger partial charge in [-0.25, -0.2) is 10.4 Å². The van der Waals surface area contributed by atoms with Crippen LogP contribution in [0.5, 0.6) is 11.5 Å². The number of halogens is 1. The molecule has 4 aromatic rings. The first kappa shape index (κ1) is 26.3. The number of hydrazone groups is 1. The zero-order valence-electron chi connectivity index (χ0n) is 20.8. The molecule has 8 nitrogen and oxygen atoms in total. The molecule has 196 valence electrons. The second kappa shape index (κ2) is 11.2. The summed E-state index contributed by atoms with van der Waals surface area (Å²) >= 11 is 8.84. The molecule has 38 heavy (non-hydrogen) atoms. The number of fused-ring (bicyclic) bond motifs is 3. The Labute approximate surface area is 232 Å². The van der Waals surface area contributed by atoms with E-state index in [1.54, 1.807) is 59.2 Å². The van der Waals surface area contributed by atoms with E-state index in [-0.39, 0.29) is 23.0 Å². The van der Waals surface area contributed by atoms with Crippen LogP contribution in [0.4, 0.5) is 0 Å². The average Bonchev–Trinajstić information content (AvgIpc) is 3.30. The van der Waals surface area contributed by atoms with Crippen molar-refractivity contribution in [1.29, 1.82) is 0 Å². The van der Waals surface area contributed by atoms with Crippen molar-refractivity contribution >= 4 is 56.5 Å². The van der Waals surface area contributed by atoms with E-state index in [0.29, 0.717) is 43.1 Å². The topological polar surface area (TPSA) is 106 Å². The molecule has 2 heterocycles. The third-order valence-corrected chi connectivity index (χ3v) is 8.70. The van der Waals surface area contributed by atoms with E-state index in [1.807, 2.05) is 0 Å². The summed E-state index contributed by atoms with van der Waals surface area (Å²) in [6, 6.07) is 11.8. The fourth-order valence-corrected chi connectivity index (χ4v) is 6.61. The Kier molecular flexibility index (Phi) is 7.73. The fourth-order valence-electron chi connectivity index (χ4n) is 4.38. The number of nitrogens with one attached hydrogen (secondary N) is 1. The van der Waals surface area contributed by atoms with Gasteiger partial charge in [0.05, 0.1) is 29.6 Å². The molecule has 5 rings (SSSR count). The zero-order valence-corrected chi connectivity index (χ0v) is 23.2. The highest BCUT2D eigenvalue weighted by Crippen LogP contribution is 2.35. The molecular weight excluding hydrogens is 544 g/mol. The van der Waals surface area contributed by atoms with Gasteiger partial charge in [0, 0.05) is 15.5 Å². The SMILES string of the molecule is COc1cc(/C(C)=N/NC(=O)CSc2nc3sc4c(c3c(=O)n2-c2ccc(Cl)cc2)CCCC4)ccc1O. The Morgan fingerprint density at radius 1 is 1.24 bits per heavy atom. The minimum Gasteiger partial charge on any atom is -0.504 e. The molecule has 1 amide bonds. The van der Waals surface area contributed by atoms with Crippen molar-refractivity contribution < 1.29 is 14.6 Å². The Bertz CT molecular complexity index is 1610. The van der Waals surface area contributed by atoms with Crippen LogP contribution in [0.3, 0.4) is 0 Å². The molecule has 2 aromatic carbocycles. The van der Waals surface area contributed by atoms with Crippen LogP contribution in [0.25, 0.3) is 15.9 Å². The molecule has 0 saturated heterocycles. The number of thioether (sulfide) groups is 1. The molecule has 0 bridgehead atoms. The number of ether oxygens (including phenoxy) is 1. The van der Waals surface area contributed by atoms with Crippen LogP contribution >= 0.6 is 34.7 Å². The summed E-state index contributed by atoms with van der Waals surface area (Å²) in [5.41, 5.74) is 5.42. The molecule has 1 aliphatic carbocycles. The van der Waals surface area contributed by atoms with Crippen molar-refractivity contribution in [2.45, 2.75) is 37.8 Å². The average molecular weight is 569 g/mol. The number of carbonyl (C=O) groups excluding carboxylic acids is 1. The molecule has 0 saturated carbocycles. The molecule has 0 radical (unpaired) electrons. The Hall–Kier alpha value is -3.34. The molecule has 0 atom stereocenters. The van der Waals surface area contributed by atoms with Gasteiger partial charge in [-0.2, -0.15) is 5.10 Å². The van der Waals surface area contributed by atoms with E-state index >= 15 is 0 Å². The molecule has 2 N–H and O–H groups in total. The monoisotopic (exact) mass is 568 g/mol. The van der Waals surface area contributed by atoms with Crippen LogP contribution in [0, 0.1) is 0 Å². The Morgan fingerprint density at radius 2 is 2.00 bits per heavy atom. The standard InChI is InChI=1S/C27H25ClN4O4S2/c1-15(16-7-12-20(33)21(13-16)36-2)30-31-23(34)14-37-27-29-25-24(19-5-3-4-6-22(19)38-25)26(35)32(27)18-10-8-17(28)9-11-18/h7-13,33H,3-6,14H2,1-2H3,(H,31,34)/b30-15+. The van der Waals surface area contributed by atoms with Gasteiger partial charge in [0.1, 0.15) is 4.83 Å². The molecule has 0 unspecified atom stereocenters. The molecule has 11 heteroatoms. The summed E-state index contributed by atoms with van der Waals surface area (Å²) in [5, 5.41) is 15.6. The van der Waals surface area contributed by atoms with Crippen molar-refractivity contribution in [1.82, 2.24) is 15.0 Å². The fraction of sp³-hybridized carbons (Fsp3) is 0.259. The summed E-state index contributed by atoms with van der Waals surface area (Å²) in [6.07, 6.45) is 4.02. The maximum atomic E-state index is 13.8. The first-order valence-electron chi connectivity index (χ1n) is 12.0. The summed E-state index contributed by atoms with van der Waals surface area (Å²) in [7, 11) is 1.46. The zero-order chi connectivity index (χ0) is 26.8. The quantitative estimate of drug-likeness (QED) is 0.135. The van der Waals surface area contributed by atoms with E-state index in [4.69, 9.17) is 21.3 Å². The van der Waals surface area contributed by atoms with Gasteiger partial charge in [0.15, 0.2) is 16.7 Å². The van der Waals surface area contributed by atoms with E-state index in [1.165, 1.54) is 29.8 Å². The number of phenolic OH excluding ortho intramolecular Hbond substituents is 1. The lowest BCUT2D eigenvalue weighted by Gasteiger charge is -2.13. The van der Waals surface area contributed by atoms with E-state index in [9.17, 15) is 14.7 Å². The lowest BCUT2D eigenvalue weighted by molar-refractivity contribution is -0.118. The van der Waals surface area contributed by atoms with Gasteiger partial charge in [-0.1, -0.05) is 23.4 Å². The van der Waals surface area contributed by atoms with E-state index in [0.717, 1.165) is 31.2 Å². The summed E-state index contributed by atoms with van der Waals surface area (Å²) < 4.78 is 6.70. The van der Waals surface area contributed by atoms with Gasteiger partial charge in [0.25, 0.3) is 11.5 Å². The first-order valence-corrected chi connectivity index (χ1v) is 14.2. The number of aryl methyl sites for hydroxylation is 2. The number of rotatable bonds is 7. The smallest absolute Gasteiger partial charge is 0.267 e. The molecular formula is C27H25ClN4O4S2. The van der Waals surface area contributed by atoms with Gasteiger partial charge in [-0.15, -0.1) is 11.3 Å². The number of benzene rings is 2. The van der Waals surface area contributed by atoms with Crippen molar-refractivity contribution in [3.63, 3.8) is 0 Å². The van der Waals surface area contributed by atoms with E-state index in [2.05, 4.69) is 10.5 Å². The number of aromatic hydroxyl groups is 1. The number of hydrogen-bond acceptors (Lipinski definition) is 8. The van der Waals surface area contributed by atoms with Gasteiger partial charge < -0.3 is 9.84 Å². The Morgan fingerprint density at radius 3 is 2.76 bits per heavy atom. The van der Waals surface area contributed by atoms with Crippen molar-refractivity contribution in [2.75, 3.05) is 12.9 Å². The van der Waals surface area contributed by atoms with Crippen LogP contribution in [0.2, 0.25) is 5.02 Å². The summed E-state index contributed by atoms with van der Waals surface area (Å²) in [5.74, 6) is -0.00238.